The molecule has 1 N–H and O–H groups in total. The summed E-state index contributed by atoms with van der Waals surface area (Å²) in [4.78, 5) is 33.8. The molecule has 158 valence electrons. The molecular weight excluding hydrogens is 368 g/mol. The highest BCUT2D eigenvalue weighted by atomic mass is 16.2. The van der Waals surface area contributed by atoms with Crippen LogP contribution >= 0.6 is 0 Å². The first-order valence-corrected chi connectivity index (χ1v) is 10.5. The number of nitrogens with zero attached hydrogens (tertiary/aromatic N) is 5. The normalized spacial score (nSPS) is 15.3. The van der Waals surface area contributed by atoms with Gasteiger partial charge in [0.2, 0.25) is 5.91 Å². The van der Waals surface area contributed by atoms with E-state index in [1.54, 1.807) is 6.20 Å². The maximum Gasteiger partial charge on any atom is 0.254 e. The first kappa shape index (κ1) is 21.2. The number of carbonyl (C=O) groups is 2. The molecule has 1 saturated heterocycles. The first-order chi connectivity index (χ1) is 13.9. The van der Waals surface area contributed by atoms with Crippen molar-refractivity contribution in [3.05, 3.63) is 23.5 Å². The number of carbonyl (C=O) groups excluding carboxylic acids is 2. The largest absolute Gasteiger partial charge is 0.355 e. The molecule has 2 aromatic rings. The number of piperazine rings is 1. The van der Waals surface area contributed by atoms with Crippen LogP contribution in [-0.4, -0.2) is 75.6 Å². The standard InChI is InChI=1S/C21H32N6O2/c1-5-6-7-22-19(28)14-25-8-10-26(11-9-25)21(29)17-12-16(4)24-20-18(17)13-23-27(20)15(2)3/h12-13,15H,5-11,14H2,1-4H3,(H,22,28). The van der Waals surface area contributed by atoms with Crippen molar-refractivity contribution in [2.75, 3.05) is 39.3 Å². The van der Waals surface area contributed by atoms with Crippen molar-refractivity contribution in [3.8, 4) is 0 Å². The summed E-state index contributed by atoms with van der Waals surface area (Å²) in [5.41, 5.74) is 2.22. The fourth-order valence-corrected chi connectivity index (χ4v) is 3.64. The van der Waals surface area contributed by atoms with E-state index in [1.807, 2.05) is 22.6 Å². The summed E-state index contributed by atoms with van der Waals surface area (Å²) in [6, 6.07) is 2.03. The van der Waals surface area contributed by atoms with Crippen molar-refractivity contribution < 1.29 is 9.59 Å². The molecule has 0 radical (unpaired) electrons. The van der Waals surface area contributed by atoms with Crippen molar-refractivity contribution in [1.29, 1.82) is 0 Å². The Bertz CT molecular complexity index is 867. The van der Waals surface area contributed by atoms with Crippen LogP contribution in [0.1, 0.15) is 55.7 Å². The lowest BCUT2D eigenvalue weighted by Crippen LogP contribution is -2.51. The highest BCUT2D eigenvalue weighted by molar-refractivity contribution is 6.05. The maximum atomic E-state index is 13.2. The summed E-state index contributed by atoms with van der Waals surface area (Å²) in [6.45, 7) is 11.9. The minimum Gasteiger partial charge on any atom is -0.355 e. The Morgan fingerprint density at radius 2 is 1.93 bits per heavy atom. The Kier molecular flexibility index (Phi) is 6.84. The lowest BCUT2D eigenvalue weighted by molar-refractivity contribution is -0.122. The third-order valence-corrected chi connectivity index (χ3v) is 5.29. The van der Waals surface area contributed by atoms with E-state index in [0.717, 1.165) is 36.1 Å². The predicted octanol–water partition coefficient (Wildman–Crippen LogP) is 1.99. The van der Waals surface area contributed by atoms with Crippen LogP contribution < -0.4 is 5.32 Å². The zero-order valence-electron chi connectivity index (χ0n) is 17.9. The van der Waals surface area contributed by atoms with Crippen LogP contribution in [0.5, 0.6) is 0 Å². The molecule has 1 aliphatic heterocycles. The zero-order valence-corrected chi connectivity index (χ0v) is 17.9. The number of aromatic nitrogens is 3. The smallest absolute Gasteiger partial charge is 0.254 e. The summed E-state index contributed by atoms with van der Waals surface area (Å²) in [7, 11) is 0. The summed E-state index contributed by atoms with van der Waals surface area (Å²) < 4.78 is 1.86. The average molecular weight is 401 g/mol. The van der Waals surface area contributed by atoms with Crippen LogP contribution in [0, 0.1) is 6.92 Å². The minimum absolute atomic E-state index is 0.0100. The van der Waals surface area contributed by atoms with Gasteiger partial charge < -0.3 is 10.2 Å². The maximum absolute atomic E-state index is 13.2. The number of amides is 2. The van der Waals surface area contributed by atoms with E-state index < -0.39 is 0 Å². The van der Waals surface area contributed by atoms with E-state index in [2.05, 4.69) is 41.1 Å². The van der Waals surface area contributed by atoms with E-state index >= 15 is 0 Å². The van der Waals surface area contributed by atoms with E-state index in [-0.39, 0.29) is 17.9 Å². The van der Waals surface area contributed by atoms with Gasteiger partial charge in [-0.25, -0.2) is 9.67 Å². The van der Waals surface area contributed by atoms with E-state index in [4.69, 9.17) is 0 Å². The number of unbranched alkanes of at least 4 members (excludes halogenated alkanes) is 1. The molecule has 8 heteroatoms. The Morgan fingerprint density at radius 1 is 1.21 bits per heavy atom. The van der Waals surface area contributed by atoms with E-state index in [9.17, 15) is 9.59 Å². The summed E-state index contributed by atoms with van der Waals surface area (Å²) in [6.07, 6.45) is 3.81. The van der Waals surface area contributed by atoms with Crippen LogP contribution in [-0.2, 0) is 4.79 Å². The van der Waals surface area contributed by atoms with Crippen molar-refractivity contribution in [2.45, 2.75) is 46.6 Å². The second-order valence-corrected chi connectivity index (χ2v) is 8.00. The number of hydrogen-bond donors (Lipinski definition) is 1. The molecule has 3 heterocycles. The zero-order chi connectivity index (χ0) is 21.0. The topological polar surface area (TPSA) is 83.4 Å². The van der Waals surface area contributed by atoms with Crippen molar-refractivity contribution >= 4 is 22.8 Å². The van der Waals surface area contributed by atoms with Gasteiger partial charge in [-0.3, -0.25) is 14.5 Å². The monoisotopic (exact) mass is 400 g/mol. The molecule has 0 unspecified atom stereocenters. The second-order valence-electron chi connectivity index (χ2n) is 8.00. The van der Waals surface area contributed by atoms with Gasteiger partial charge >= 0.3 is 0 Å². The molecule has 29 heavy (non-hydrogen) atoms. The lowest BCUT2D eigenvalue weighted by atomic mass is 10.1. The van der Waals surface area contributed by atoms with Crippen LogP contribution in [0.15, 0.2) is 12.3 Å². The molecule has 0 aliphatic carbocycles. The molecule has 0 bridgehead atoms. The minimum atomic E-state index is 0.0100. The van der Waals surface area contributed by atoms with Crippen molar-refractivity contribution in [3.63, 3.8) is 0 Å². The van der Waals surface area contributed by atoms with Crippen LogP contribution in [0.3, 0.4) is 0 Å². The SMILES string of the molecule is CCCCNC(=O)CN1CCN(C(=O)c2cc(C)nc3c2cnn3C(C)C)CC1. The van der Waals surface area contributed by atoms with Gasteiger partial charge in [0.15, 0.2) is 5.65 Å². The highest BCUT2D eigenvalue weighted by Crippen LogP contribution is 2.22. The van der Waals surface area contributed by atoms with Crippen LogP contribution in [0.2, 0.25) is 0 Å². The van der Waals surface area contributed by atoms with Gasteiger partial charge in [0, 0.05) is 44.5 Å². The van der Waals surface area contributed by atoms with Gasteiger partial charge in [-0.2, -0.15) is 5.10 Å². The molecular formula is C21H32N6O2. The Hall–Kier alpha value is -2.48. The highest BCUT2D eigenvalue weighted by Gasteiger charge is 2.26. The molecule has 2 amide bonds. The Balaban J connectivity index is 1.65. The number of hydrogen-bond acceptors (Lipinski definition) is 5. The summed E-state index contributed by atoms with van der Waals surface area (Å²) in [5, 5.41) is 8.18. The fraction of sp³-hybridized carbons (Fsp3) is 0.619. The number of pyridine rings is 1. The quantitative estimate of drug-likeness (QED) is 0.719. The molecule has 0 atom stereocenters. The Labute approximate surface area is 172 Å². The van der Waals surface area contributed by atoms with Gasteiger partial charge in [0.1, 0.15) is 0 Å². The van der Waals surface area contributed by atoms with Crippen molar-refractivity contribution in [2.24, 2.45) is 0 Å². The average Bonchev–Trinajstić information content (AvgIpc) is 3.11. The molecule has 1 fully saturated rings. The van der Waals surface area contributed by atoms with E-state index in [0.29, 0.717) is 38.3 Å². The Morgan fingerprint density at radius 3 is 2.59 bits per heavy atom. The first-order valence-electron chi connectivity index (χ1n) is 10.5. The van der Waals surface area contributed by atoms with Gasteiger partial charge in [0.05, 0.1) is 23.7 Å². The van der Waals surface area contributed by atoms with Gasteiger partial charge in [-0.05, 0) is 33.3 Å². The summed E-state index contributed by atoms with van der Waals surface area (Å²) in [5.74, 6) is 0.0710. The fourth-order valence-electron chi connectivity index (χ4n) is 3.64. The molecule has 0 spiro atoms. The second kappa shape index (κ2) is 9.35. The molecule has 1 aliphatic rings. The number of aryl methyl sites for hydroxylation is 1. The molecule has 0 aromatic carbocycles. The van der Waals surface area contributed by atoms with Crippen LogP contribution in [0.4, 0.5) is 0 Å². The van der Waals surface area contributed by atoms with Crippen LogP contribution in [0.25, 0.3) is 11.0 Å². The van der Waals surface area contributed by atoms with Gasteiger partial charge in [-0.1, -0.05) is 13.3 Å². The summed E-state index contributed by atoms with van der Waals surface area (Å²) >= 11 is 0. The molecule has 2 aromatic heterocycles. The van der Waals surface area contributed by atoms with Gasteiger partial charge in [-0.15, -0.1) is 0 Å². The lowest BCUT2D eigenvalue weighted by Gasteiger charge is -2.34. The van der Waals surface area contributed by atoms with E-state index in [1.165, 1.54) is 0 Å². The number of nitrogens with one attached hydrogen (secondary N) is 1. The third kappa shape index (κ3) is 4.93. The van der Waals surface area contributed by atoms with Gasteiger partial charge in [0.25, 0.3) is 5.91 Å². The third-order valence-electron chi connectivity index (χ3n) is 5.29. The van der Waals surface area contributed by atoms with Crippen molar-refractivity contribution in [1.82, 2.24) is 29.9 Å². The number of rotatable bonds is 7. The molecule has 0 saturated carbocycles. The predicted molar refractivity (Wildman–Crippen MR) is 113 cm³/mol. The number of fused-ring (bicyclic) bond motifs is 1. The molecule has 3 rings (SSSR count). The molecule has 8 nitrogen and oxygen atoms in total.